The second-order valence-corrected chi connectivity index (χ2v) is 5.52. The van der Waals surface area contributed by atoms with Crippen molar-refractivity contribution in [1.82, 2.24) is 15.5 Å². The number of rotatable bonds is 4. The van der Waals surface area contributed by atoms with Crippen LogP contribution in [0.3, 0.4) is 0 Å². The lowest BCUT2D eigenvalue weighted by molar-refractivity contribution is -0.159. The van der Waals surface area contributed by atoms with Gasteiger partial charge in [0.05, 0.1) is 5.54 Å². The van der Waals surface area contributed by atoms with E-state index in [0.717, 1.165) is 5.56 Å². The van der Waals surface area contributed by atoms with E-state index in [-0.39, 0.29) is 11.7 Å². The minimum atomic E-state index is -4.67. The van der Waals surface area contributed by atoms with E-state index >= 15 is 0 Å². The zero-order valence-corrected chi connectivity index (χ0v) is 12.9. The molecule has 0 radical (unpaired) electrons. The first-order valence-electron chi connectivity index (χ1n) is 6.96. The molecule has 1 aromatic heterocycles. The molecule has 124 valence electrons. The van der Waals surface area contributed by atoms with E-state index in [9.17, 15) is 18.0 Å². The molecule has 0 bridgehead atoms. The van der Waals surface area contributed by atoms with Gasteiger partial charge in [-0.15, -0.1) is 0 Å². The van der Waals surface area contributed by atoms with Crippen molar-refractivity contribution in [2.45, 2.75) is 38.9 Å². The number of hydrogen-bond donors (Lipinski definition) is 1. The lowest BCUT2D eigenvalue weighted by Gasteiger charge is -2.26. The number of hydrogen-bond acceptors (Lipinski definition) is 4. The summed E-state index contributed by atoms with van der Waals surface area (Å²) in [5.41, 5.74) is 0.605. The average molecular weight is 327 g/mol. The SMILES string of the molecule is CCC(=O)NC(C)(C)c1ccc(-c2noc(C(F)(F)F)n2)cc1. The molecule has 0 fully saturated rings. The zero-order chi connectivity index (χ0) is 17.3. The van der Waals surface area contributed by atoms with Crippen molar-refractivity contribution in [3.8, 4) is 11.4 Å². The number of carbonyl (C=O) groups is 1. The first-order valence-corrected chi connectivity index (χ1v) is 6.96. The van der Waals surface area contributed by atoms with Crippen LogP contribution in [0.1, 0.15) is 38.6 Å². The summed E-state index contributed by atoms with van der Waals surface area (Å²) in [6.45, 7) is 5.43. The molecule has 0 aliphatic heterocycles. The Morgan fingerprint density at radius 1 is 1.22 bits per heavy atom. The lowest BCUT2D eigenvalue weighted by atomic mass is 9.93. The van der Waals surface area contributed by atoms with Gasteiger partial charge in [0.1, 0.15) is 0 Å². The molecule has 23 heavy (non-hydrogen) atoms. The van der Waals surface area contributed by atoms with Crippen molar-refractivity contribution in [2.24, 2.45) is 0 Å². The highest BCUT2D eigenvalue weighted by molar-refractivity contribution is 5.76. The van der Waals surface area contributed by atoms with Gasteiger partial charge in [0.25, 0.3) is 0 Å². The molecule has 0 saturated carbocycles. The average Bonchev–Trinajstić information content (AvgIpc) is 2.97. The molecule has 0 aliphatic rings. The molecule has 0 unspecified atom stereocenters. The van der Waals surface area contributed by atoms with E-state index in [0.29, 0.717) is 12.0 Å². The van der Waals surface area contributed by atoms with Crippen LogP contribution in [-0.2, 0) is 16.5 Å². The maximum Gasteiger partial charge on any atom is 0.471 e. The quantitative estimate of drug-likeness (QED) is 0.933. The van der Waals surface area contributed by atoms with Gasteiger partial charge in [-0.1, -0.05) is 36.3 Å². The van der Waals surface area contributed by atoms with Gasteiger partial charge in [-0.25, -0.2) is 0 Å². The predicted molar refractivity (Wildman–Crippen MR) is 76.2 cm³/mol. The summed E-state index contributed by atoms with van der Waals surface area (Å²) < 4.78 is 41.6. The van der Waals surface area contributed by atoms with Crippen LogP contribution in [0.25, 0.3) is 11.4 Å². The van der Waals surface area contributed by atoms with Gasteiger partial charge < -0.3 is 9.84 Å². The van der Waals surface area contributed by atoms with E-state index < -0.39 is 17.6 Å². The molecule has 1 amide bonds. The molecule has 1 N–H and O–H groups in total. The van der Waals surface area contributed by atoms with E-state index in [2.05, 4.69) is 20.0 Å². The van der Waals surface area contributed by atoms with Crippen LogP contribution in [0.4, 0.5) is 13.2 Å². The standard InChI is InChI=1S/C15H16F3N3O2/c1-4-11(22)20-14(2,3)10-7-5-9(6-8-10)12-19-13(23-21-12)15(16,17)18/h5-8H,4H2,1-3H3,(H,20,22). The number of alkyl halides is 3. The van der Waals surface area contributed by atoms with E-state index in [4.69, 9.17) is 0 Å². The Kier molecular flexibility index (Phi) is 4.44. The molecular formula is C15H16F3N3O2. The Bertz CT molecular complexity index is 691. The summed E-state index contributed by atoms with van der Waals surface area (Å²) in [5.74, 6) is -1.61. The van der Waals surface area contributed by atoms with Crippen molar-refractivity contribution in [3.05, 3.63) is 35.7 Å². The number of halogens is 3. The van der Waals surface area contributed by atoms with Gasteiger partial charge in [0.15, 0.2) is 0 Å². The van der Waals surface area contributed by atoms with Crippen LogP contribution in [0.2, 0.25) is 0 Å². The van der Waals surface area contributed by atoms with Crippen LogP contribution in [0, 0.1) is 0 Å². The van der Waals surface area contributed by atoms with Gasteiger partial charge in [-0.3, -0.25) is 4.79 Å². The minimum Gasteiger partial charge on any atom is -0.347 e. The summed E-state index contributed by atoms with van der Waals surface area (Å²) >= 11 is 0. The molecule has 0 spiro atoms. The fourth-order valence-corrected chi connectivity index (χ4v) is 2.00. The summed E-state index contributed by atoms with van der Waals surface area (Å²) in [4.78, 5) is 14.9. The van der Waals surface area contributed by atoms with Gasteiger partial charge in [-0.2, -0.15) is 18.2 Å². The smallest absolute Gasteiger partial charge is 0.347 e. The Morgan fingerprint density at radius 2 is 1.83 bits per heavy atom. The second kappa shape index (κ2) is 6.02. The molecule has 1 aromatic carbocycles. The highest BCUT2D eigenvalue weighted by atomic mass is 19.4. The predicted octanol–water partition coefficient (Wildman–Crippen LogP) is 3.52. The third kappa shape index (κ3) is 3.88. The Balaban J connectivity index is 2.22. The molecule has 2 aromatic rings. The highest BCUT2D eigenvalue weighted by Gasteiger charge is 2.38. The number of amides is 1. The summed E-state index contributed by atoms with van der Waals surface area (Å²) in [7, 11) is 0. The van der Waals surface area contributed by atoms with Gasteiger partial charge >= 0.3 is 12.1 Å². The third-order valence-electron chi connectivity index (χ3n) is 3.31. The number of carbonyl (C=O) groups excluding carboxylic acids is 1. The maximum absolute atomic E-state index is 12.5. The topological polar surface area (TPSA) is 68.0 Å². The van der Waals surface area contributed by atoms with E-state index in [1.165, 1.54) is 0 Å². The summed E-state index contributed by atoms with van der Waals surface area (Å²) in [6.07, 6.45) is -4.30. The molecule has 0 aliphatic carbocycles. The number of aromatic nitrogens is 2. The number of nitrogens with zero attached hydrogens (tertiary/aromatic N) is 2. The molecule has 1 heterocycles. The fraction of sp³-hybridized carbons (Fsp3) is 0.400. The maximum atomic E-state index is 12.5. The summed E-state index contributed by atoms with van der Waals surface area (Å²) in [6, 6.07) is 6.57. The van der Waals surface area contributed by atoms with Crippen LogP contribution in [0.15, 0.2) is 28.8 Å². The molecule has 2 rings (SSSR count). The fourth-order valence-electron chi connectivity index (χ4n) is 2.00. The largest absolute Gasteiger partial charge is 0.471 e. The normalized spacial score (nSPS) is 12.3. The van der Waals surface area contributed by atoms with Gasteiger partial charge in [-0.05, 0) is 19.4 Å². The number of nitrogens with one attached hydrogen (secondary N) is 1. The van der Waals surface area contributed by atoms with Crippen LogP contribution in [0.5, 0.6) is 0 Å². The van der Waals surface area contributed by atoms with Gasteiger partial charge in [0, 0.05) is 12.0 Å². The van der Waals surface area contributed by atoms with Crippen molar-refractivity contribution in [2.75, 3.05) is 0 Å². The minimum absolute atomic E-state index is 0.0907. The van der Waals surface area contributed by atoms with Crippen molar-refractivity contribution in [1.29, 1.82) is 0 Å². The summed E-state index contributed by atoms with van der Waals surface area (Å²) in [5, 5.41) is 6.20. The van der Waals surface area contributed by atoms with Crippen LogP contribution >= 0.6 is 0 Å². The van der Waals surface area contributed by atoms with Crippen molar-refractivity contribution >= 4 is 5.91 Å². The monoisotopic (exact) mass is 327 g/mol. The highest BCUT2D eigenvalue weighted by Crippen LogP contribution is 2.30. The molecule has 5 nitrogen and oxygen atoms in total. The molecular weight excluding hydrogens is 311 g/mol. The Morgan fingerprint density at radius 3 is 2.30 bits per heavy atom. The molecule has 0 atom stereocenters. The number of benzene rings is 1. The second-order valence-electron chi connectivity index (χ2n) is 5.52. The first-order chi connectivity index (χ1) is 10.6. The lowest BCUT2D eigenvalue weighted by Crippen LogP contribution is -2.40. The van der Waals surface area contributed by atoms with E-state index in [1.807, 2.05) is 13.8 Å². The molecule has 0 saturated heterocycles. The zero-order valence-electron chi connectivity index (χ0n) is 12.9. The Hall–Kier alpha value is -2.38. The third-order valence-corrected chi connectivity index (χ3v) is 3.31. The van der Waals surface area contributed by atoms with Crippen molar-refractivity contribution in [3.63, 3.8) is 0 Å². The Labute approximate surface area is 130 Å². The van der Waals surface area contributed by atoms with Crippen molar-refractivity contribution < 1.29 is 22.5 Å². The van der Waals surface area contributed by atoms with Crippen LogP contribution in [-0.4, -0.2) is 16.0 Å². The van der Waals surface area contributed by atoms with E-state index in [1.54, 1.807) is 31.2 Å². The molecule has 8 heteroatoms. The van der Waals surface area contributed by atoms with Gasteiger partial charge in [0.2, 0.25) is 11.7 Å². The first kappa shape index (κ1) is 17.0. The van der Waals surface area contributed by atoms with Crippen LogP contribution < -0.4 is 5.32 Å².